The Kier molecular flexibility index (Phi) is 4.11. The molecule has 0 aliphatic heterocycles. The first-order chi connectivity index (χ1) is 9.41. The quantitative estimate of drug-likeness (QED) is 0.889. The van der Waals surface area contributed by atoms with Crippen molar-refractivity contribution >= 4 is 34.2 Å². The second-order valence-corrected chi connectivity index (χ2v) is 5.04. The van der Waals surface area contributed by atoms with E-state index >= 15 is 0 Å². The van der Waals surface area contributed by atoms with Gasteiger partial charge in [-0.25, -0.2) is 0 Å². The summed E-state index contributed by atoms with van der Waals surface area (Å²) < 4.78 is 0. The van der Waals surface area contributed by atoms with Gasteiger partial charge in [0.2, 0.25) is 0 Å². The van der Waals surface area contributed by atoms with Gasteiger partial charge in [-0.05, 0) is 31.5 Å². The van der Waals surface area contributed by atoms with Gasteiger partial charge in [0.1, 0.15) is 0 Å². The van der Waals surface area contributed by atoms with Crippen LogP contribution >= 0.6 is 11.6 Å². The van der Waals surface area contributed by atoms with Crippen LogP contribution in [0.3, 0.4) is 0 Å². The van der Waals surface area contributed by atoms with E-state index in [-0.39, 0.29) is 12.1 Å². The molecule has 0 spiro atoms. The van der Waals surface area contributed by atoms with Crippen LogP contribution in [0, 0.1) is 6.92 Å². The molecular weight excluding hydrogens is 280 g/mol. The fourth-order valence-corrected chi connectivity index (χ4v) is 2.13. The number of carbonyl (C=O) groups excluding carboxylic acids is 1. The smallest absolute Gasteiger partial charge is 0.0767 e. The number of hydrogen-bond acceptors (Lipinski definition) is 5. The molecule has 1 aromatic heterocycles. The van der Waals surface area contributed by atoms with E-state index in [1.807, 2.05) is 6.92 Å². The Morgan fingerprint density at radius 2 is 2.25 bits per heavy atom. The van der Waals surface area contributed by atoms with Crippen molar-refractivity contribution in [1.82, 2.24) is 4.98 Å². The second-order valence-electron chi connectivity index (χ2n) is 4.63. The molecule has 1 aromatic carbocycles. The van der Waals surface area contributed by atoms with Gasteiger partial charge in [-0.2, -0.15) is 0 Å². The Balaban J connectivity index is 2.67. The van der Waals surface area contributed by atoms with Crippen LogP contribution in [0.25, 0.3) is 10.9 Å². The second kappa shape index (κ2) is 5.64. The molecule has 0 fully saturated rings. The van der Waals surface area contributed by atoms with E-state index in [9.17, 15) is 15.0 Å². The normalized spacial score (nSPS) is 12.4. The number of aryl methyl sites for hydroxylation is 1. The van der Waals surface area contributed by atoms with Crippen molar-refractivity contribution in [3.05, 3.63) is 34.5 Å². The number of pyridine rings is 1. The van der Waals surface area contributed by atoms with Gasteiger partial charge >= 0.3 is 0 Å². The summed E-state index contributed by atoms with van der Waals surface area (Å²) in [6.07, 6.45) is 0.631. The third-order valence-corrected chi connectivity index (χ3v) is 3.43. The van der Waals surface area contributed by atoms with Crippen LogP contribution in [0.2, 0.25) is 5.02 Å². The molecule has 2 rings (SSSR count). The van der Waals surface area contributed by atoms with Gasteiger partial charge in [0.05, 0.1) is 23.3 Å². The summed E-state index contributed by atoms with van der Waals surface area (Å²) in [6, 6.07) is 3.39. The van der Waals surface area contributed by atoms with E-state index in [4.69, 9.17) is 11.6 Å². The minimum atomic E-state index is -1.32. The summed E-state index contributed by atoms with van der Waals surface area (Å²) in [5.41, 5.74) is 1.74. The van der Waals surface area contributed by atoms with Gasteiger partial charge < -0.3 is 20.3 Å². The third kappa shape index (κ3) is 2.69. The molecule has 0 saturated carbocycles. The van der Waals surface area contributed by atoms with E-state index in [2.05, 4.69) is 10.3 Å². The van der Waals surface area contributed by atoms with Gasteiger partial charge in [0.25, 0.3) is 0 Å². The van der Waals surface area contributed by atoms with E-state index in [0.717, 1.165) is 5.56 Å². The van der Waals surface area contributed by atoms with Crippen LogP contribution in [0.15, 0.2) is 18.3 Å². The number of aliphatic hydroxyl groups excluding tert-OH is 1. The van der Waals surface area contributed by atoms with Crippen LogP contribution in [0.4, 0.5) is 5.69 Å². The predicted molar refractivity (Wildman–Crippen MR) is 76.0 cm³/mol. The average Bonchev–Trinajstić information content (AvgIpc) is 2.39. The van der Waals surface area contributed by atoms with Crippen LogP contribution in [0.1, 0.15) is 22.8 Å². The van der Waals surface area contributed by atoms with Gasteiger partial charge in [0, 0.05) is 28.7 Å². The largest absolute Gasteiger partial charge is 0.545 e. The zero-order valence-electron chi connectivity index (χ0n) is 11.1. The molecule has 0 aliphatic rings. The molecule has 1 atom stereocenters. The molecule has 20 heavy (non-hydrogen) atoms. The molecule has 106 valence electrons. The number of carboxylic acids is 1. The van der Waals surface area contributed by atoms with E-state index in [1.165, 1.54) is 6.20 Å². The molecule has 1 heterocycles. The third-order valence-electron chi connectivity index (χ3n) is 3.02. The number of hydrogen-bond donors (Lipinski definition) is 2. The van der Waals surface area contributed by atoms with Crippen molar-refractivity contribution < 1.29 is 15.0 Å². The summed E-state index contributed by atoms with van der Waals surface area (Å²) in [5.74, 6) is -1.32. The van der Waals surface area contributed by atoms with Gasteiger partial charge in [-0.1, -0.05) is 11.6 Å². The standard InChI is InChI=1S/C14H15ClN2O3/c1-7(18)5-16-13-9-3-4-11(15)8(2)12(9)17-6-10(13)14(19)20/h3-4,6-7,18H,5H2,1-2H3,(H,16,17)(H,19,20)/p-1/t7-/m0/s1. The van der Waals surface area contributed by atoms with E-state index < -0.39 is 12.1 Å². The molecule has 6 heteroatoms. The predicted octanol–water partition coefficient (Wildman–Crippen LogP) is 1.35. The number of nitrogens with one attached hydrogen (secondary N) is 1. The first-order valence-corrected chi connectivity index (χ1v) is 6.50. The van der Waals surface area contributed by atoms with Crippen LogP contribution in [0.5, 0.6) is 0 Å². The maximum atomic E-state index is 11.2. The Hall–Kier alpha value is -1.85. The molecule has 5 nitrogen and oxygen atoms in total. The minimum absolute atomic E-state index is 0.0418. The van der Waals surface area contributed by atoms with Crippen molar-refractivity contribution in [2.45, 2.75) is 20.0 Å². The number of carboxylic acid groups (broad SMARTS) is 1. The number of aromatic nitrogens is 1. The molecule has 2 aromatic rings. The lowest BCUT2D eigenvalue weighted by Gasteiger charge is -2.17. The molecule has 0 unspecified atom stereocenters. The van der Waals surface area contributed by atoms with Crippen LogP contribution in [-0.2, 0) is 0 Å². The number of halogens is 1. The first-order valence-electron chi connectivity index (χ1n) is 6.13. The van der Waals surface area contributed by atoms with Crippen molar-refractivity contribution in [3.8, 4) is 0 Å². The Labute approximate surface area is 121 Å². The number of aromatic carboxylic acids is 1. The number of anilines is 1. The van der Waals surface area contributed by atoms with Gasteiger partial charge in [-0.3, -0.25) is 4.98 Å². The number of aliphatic hydroxyl groups is 1. The van der Waals surface area contributed by atoms with Gasteiger partial charge in [-0.15, -0.1) is 0 Å². The summed E-state index contributed by atoms with van der Waals surface area (Å²) >= 11 is 6.04. The molecule has 0 amide bonds. The number of nitrogens with zero attached hydrogens (tertiary/aromatic N) is 1. The monoisotopic (exact) mass is 293 g/mol. The molecular formula is C14H14ClN2O3-. The number of rotatable bonds is 4. The molecule has 0 bridgehead atoms. The topological polar surface area (TPSA) is 85.3 Å². The van der Waals surface area contributed by atoms with Crippen molar-refractivity contribution in [3.63, 3.8) is 0 Å². The van der Waals surface area contributed by atoms with E-state index in [0.29, 0.717) is 21.6 Å². The zero-order valence-corrected chi connectivity index (χ0v) is 11.9. The molecule has 0 saturated heterocycles. The molecule has 2 N–H and O–H groups in total. The van der Waals surface area contributed by atoms with Crippen LogP contribution in [-0.4, -0.2) is 28.7 Å². The maximum absolute atomic E-state index is 11.2. The lowest BCUT2D eigenvalue weighted by molar-refractivity contribution is -0.254. The van der Waals surface area contributed by atoms with Crippen LogP contribution < -0.4 is 10.4 Å². The highest BCUT2D eigenvalue weighted by molar-refractivity contribution is 6.32. The number of benzene rings is 1. The maximum Gasteiger partial charge on any atom is 0.0767 e. The number of fused-ring (bicyclic) bond motifs is 1. The molecule has 0 aliphatic carbocycles. The summed E-state index contributed by atoms with van der Waals surface area (Å²) in [4.78, 5) is 15.3. The minimum Gasteiger partial charge on any atom is -0.545 e. The van der Waals surface area contributed by atoms with E-state index in [1.54, 1.807) is 19.1 Å². The van der Waals surface area contributed by atoms with Crippen molar-refractivity contribution in [2.75, 3.05) is 11.9 Å². The average molecular weight is 294 g/mol. The fraction of sp³-hybridized carbons (Fsp3) is 0.286. The highest BCUT2D eigenvalue weighted by Crippen LogP contribution is 2.31. The Morgan fingerprint density at radius 1 is 1.55 bits per heavy atom. The van der Waals surface area contributed by atoms with Crippen molar-refractivity contribution in [2.24, 2.45) is 0 Å². The summed E-state index contributed by atoms with van der Waals surface area (Å²) in [5, 5.41) is 24.7. The Bertz CT molecular complexity index is 671. The summed E-state index contributed by atoms with van der Waals surface area (Å²) in [7, 11) is 0. The summed E-state index contributed by atoms with van der Waals surface area (Å²) in [6.45, 7) is 3.65. The Morgan fingerprint density at radius 3 is 2.85 bits per heavy atom. The molecule has 0 radical (unpaired) electrons. The highest BCUT2D eigenvalue weighted by Gasteiger charge is 2.13. The lowest BCUT2D eigenvalue weighted by Crippen LogP contribution is -2.25. The van der Waals surface area contributed by atoms with Gasteiger partial charge in [0.15, 0.2) is 0 Å². The number of carbonyl (C=O) groups is 1. The SMILES string of the molecule is Cc1c(Cl)ccc2c(NC[C@H](C)O)c(C(=O)[O-])cnc12. The highest BCUT2D eigenvalue weighted by atomic mass is 35.5. The fourth-order valence-electron chi connectivity index (χ4n) is 1.98. The first kappa shape index (κ1) is 14.6. The van der Waals surface area contributed by atoms with Crippen molar-refractivity contribution in [1.29, 1.82) is 0 Å². The lowest BCUT2D eigenvalue weighted by atomic mass is 10.1. The zero-order chi connectivity index (χ0) is 14.9.